The summed E-state index contributed by atoms with van der Waals surface area (Å²) in [6, 6.07) is 0.0385. The molecule has 2 aromatic rings. The van der Waals surface area contributed by atoms with Gasteiger partial charge in [-0.1, -0.05) is 0 Å². The first kappa shape index (κ1) is 20.1. The van der Waals surface area contributed by atoms with Crippen molar-refractivity contribution in [3.05, 3.63) is 46.8 Å². The third kappa shape index (κ3) is 3.68. The zero-order valence-corrected chi connectivity index (χ0v) is 15.1. The van der Waals surface area contributed by atoms with E-state index >= 15 is 0 Å². The van der Waals surface area contributed by atoms with Gasteiger partial charge in [0, 0.05) is 31.4 Å². The fraction of sp³-hybridized carbons (Fsp3) is 0.312. The van der Waals surface area contributed by atoms with E-state index in [9.17, 15) is 35.2 Å². The Balaban J connectivity index is 1.92. The molecule has 3 rings (SSSR count). The lowest BCUT2D eigenvalue weighted by atomic mass is 10.1. The molecule has 0 saturated carbocycles. The maximum Gasteiger partial charge on any atom is 0.419 e. The molecule has 1 aliphatic rings. The third-order valence-corrected chi connectivity index (χ3v) is 5.79. The molecule has 1 amide bonds. The summed E-state index contributed by atoms with van der Waals surface area (Å²) < 4.78 is 92.4. The van der Waals surface area contributed by atoms with Crippen molar-refractivity contribution in [1.29, 1.82) is 0 Å². The number of nitrogens with one attached hydrogen (secondary N) is 2. The van der Waals surface area contributed by atoms with Crippen molar-refractivity contribution in [1.82, 2.24) is 9.88 Å². The van der Waals surface area contributed by atoms with Gasteiger partial charge >= 0.3 is 6.18 Å². The van der Waals surface area contributed by atoms with Crippen molar-refractivity contribution < 1.29 is 35.2 Å². The van der Waals surface area contributed by atoms with Crippen molar-refractivity contribution in [2.45, 2.75) is 31.0 Å². The molecule has 0 spiro atoms. The van der Waals surface area contributed by atoms with E-state index in [2.05, 4.69) is 4.98 Å². The molecular weight excluding hydrogens is 409 g/mol. The summed E-state index contributed by atoms with van der Waals surface area (Å²) in [6.45, 7) is 1.80. The number of aromatic amines is 1. The average Bonchev–Trinajstić information content (AvgIpc) is 3.00. The van der Waals surface area contributed by atoms with Gasteiger partial charge in [-0.15, -0.1) is 0 Å². The van der Waals surface area contributed by atoms with Gasteiger partial charge in [0.15, 0.2) is 0 Å². The number of aromatic nitrogens is 1. The second-order valence-corrected chi connectivity index (χ2v) is 7.87. The van der Waals surface area contributed by atoms with E-state index in [4.69, 9.17) is 0 Å². The number of halogens is 5. The Kier molecular flexibility index (Phi) is 4.86. The maximum atomic E-state index is 14.0. The van der Waals surface area contributed by atoms with Crippen LogP contribution in [0.5, 0.6) is 0 Å². The first-order valence-corrected chi connectivity index (χ1v) is 9.42. The lowest BCUT2D eigenvalue weighted by molar-refractivity contribution is -0.140. The Morgan fingerprint density at radius 2 is 1.89 bits per heavy atom. The molecule has 12 heteroatoms. The van der Waals surface area contributed by atoms with Gasteiger partial charge in [0.1, 0.15) is 16.5 Å². The molecule has 2 N–H and O–H groups in total. The number of hydrogen-bond acceptors (Lipinski definition) is 3. The van der Waals surface area contributed by atoms with Gasteiger partial charge in [-0.25, -0.2) is 17.2 Å². The first-order valence-electron chi connectivity index (χ1n) is 7.94. The fourth-order valence-corrected chi connectivity index (χ4v) is 4.28. The monoisotopic (exact) mass is 423 g/mol. The molecule has 1 aromatic heterocycles. The SMILES string of the molecule is CC(=O)N1CCc2c(S(=O)(=O)Nc3cc(F)c(C(F)(F)F)cc3F)c[nH]c2C1. The largest absolute Gasteiger partial charge is 0.419 e. The molecule has 0 radical (unpaired) electrons. The van der Waals surface area contributed by atoms with Crippen LogP contribution in [0.4, 0.5) is 27.6 Å². The number of H-pyrrole nitrogens is 1. The smallest absolute Gasteiger partial charge is 0.362 e. The number of sulfonamides is 1. The summed E-state index contributed by atoms with van der Waals surface area (Å²) >= 11 is 0. The molecule has 0 fully saturated rings. The molecule has 0 aliphatic carbocycles. The number of rotatable bonds is 3. The van der Waals surface area contributed by atoms with Gasteiger partial charge in [-0.3, -0.25) is 9.52 Å². The van der Waals surface area contributed by atoms with Gasteiger partial charge in [0.2, 0.25) is 5.91 Å². The minimum absolute atomic E-state index is 0.107. The third-order valence-electron chi connectivity index (χ3n) is 4.36. The van der Waals surface area contributed by atoms with E-state index in [0.29, 0.717) is 11.3 Å². The summed E-state index contributed by atoms with van der Waals surface area (Å²) in [5.41, 5.74) is -1.93. The fourth-order valence-electron chi connectivity index (χ4n) is 2.96. The quantitative estimate of drug-likeness (QED) is 0.745. The zero-order valence-electron chi connectivity index (χ0n) is 14.3. The van der Waals surface area contributed by atoms with Crippen molar-refractivity contribution >= 4 is 21.6 Å². The van der Waals surface area contributed by atoms with E-state index in [1.807, 2.05) is 0 Å². The van der Waals surface area contributed by atoms with E-state index in [0.717, 1.165) is 6.20 Å². The van der Waals surface area contributed by atoms with Crippen LogP contribution in [0, 0.1) is 11.6 Å². The molecule has 0 unspecified atom stereocenters. The lowest BCUT2D eigenvalue weighted by Crippen LogP contribution is -2.34. The molecule has 6 nitrogen and oxygen atoms in total. The number of anilines is 1. The molecular formula is C16H14F5N3O3S. The highest BCUT2D eigenvalue weighted by molar-refractivity contribution is 7.92. The summed E-state index contributed by atoms with van der Waals surface area (Å²) in [5, 5.41) is 0. The molecule has 2 heterocycles. The number of fused-ring (bicyclic) bond motifs is 1. The topological polar surface area (TPSA) is 82.3 Å². The van der Waals surface area contributed by atoms with E-state index in [1.54, 1.807) is 4.72 Å². The number of hydrogen-bond donors (Lipinski definition) is 2. The van der Waals surface area contributed by atoms with E-state index < -0.39 is 39.1 Å². The summed E-state index contributed by atoms with van der Waals surface area (Å²) in [4.78, 5) is 15.4. The van der Waals surface area contributed by atoms with Gasteiger partial charge in [-0.2, -0.15) is 13.2 Å². The Hall–Kier alpha value is -2.63. The minimum atomic E-state index is -5.12. The van der Waals surface area contributed by atoms with E-state index in [1.165, 1.54) is 11.8 Å². The molecule has 0 bridgehead atoms. The van der Waals surface area contributed by atoms with Crippen LogP contribution in [0.2, 0.25) is 0 Å². The zero-order chi connectivity index (χ0) is 20.9. The highest BCUT2D eigenvalue weighted by atomic mass is 32.2. The average molecular weight is 423 g/mol. The lowest BCUT2D eigenvalue weighted by Gasteiger charge is -2.26. The first-order chi connectivity index (χ1) is 12.9. The Labute approximate surface area is 156 Å². The van der Waals surface area contributed by atoms with Crippen molar-refractivity contribution in [3.63, 3.8) is 0 Å². The standard InChI is InChI=1S/C16H14F5N3O3S/c1-8(25)24-3-2-9-14(7-24)22-6-15(9)28(26,27)23-13-5-11(17)10(4-12(13)18)16(19,20)21/h4-6,22-23H,2-3,7H2,1H3. The van der Waals surface area contributed by atoms with Crippen LogP contribution >= 0.6 is 0 Å². The Morgan fingerprint density at radius 3 is 2.50 bits per heavy atom. The van der Waals surface area contributed by atoms with Crippen molar-refractivity contribution in [2.24, 2.45) is 0 Å². The molecule has 1 aliphatic heterocycles. The van der Waals surface area contributed by atoms with Gasteiger partial charge in [0.25, 0.3) is 10.0 Å². The second-order valence-electron chi connectivity index (χ2n) is 6.22. The highest BCUT2D eigenvalue weighted by Crippen LogP contribution is 2.35. The van der Waals surface area contributed by atoms with Gasteiger partial charge < -0.3 is 9.88 Å². The number of benzene rings is 1. The van der Waals surface area contributed by atoms with Crippen LogP contribution in [0.15, 0.2) is 23.2 Å². The van der Waals surface area contributed by atoms with Gasteiger partial charge in [-0.05, 0) is 18.1 Å². The summed E-state index contributed by atoms with van der Waals surface area (Å²) in [6.07, 6.45) is -3.78. The number of carbonyl (C=O) groups is 1. The molecule has 0 saturated heterocycles. The number of nitrogens with zero attached hydrogens (tertiary/aromatic N) is 1. The molecule has 1 aromatic carbocycles. The maximum absolute atomic E-state index is 14.0. The number of alkyl halides is 3. The van der Waals surface area contributed by atoms with E-state index in [-0.39, 0.29) is 42.4 Å². The predicted octanol–water partition coefficient (Wildman–Crippen LogP) is 3.02. The second kappa shape index (κ2) is 6.76. The molecule has 28 heavy (non-hydrogen) atoms. The number of amides is 1. The molecule has 0 atom stereocenters. The minimum Gasteiger partial charge on any atom is -0.362 e. The summed E-state index contributed by atoms with van der Waals surface area (Å²) in [5.74, 6) is -3.56. The van der Waals surface area contributed by atoms with Crippen molar-refractivity contribution in [3.8, 4) is 0 Å². The van der Waals surface area contributed by atoms with Crippen LogP contribution < -0.4 is 4.72 Å². The van der Waals surface area contributed by atoms with Crippen LogP contribution in [-0.4, -0.2) is 30.8 Å². The van der Waals surface area contributed by atoms with Gasteiger partial charge in [0.05, 0.1) is 17.8 Å². The molecule has 152 valence electrons. The predicted molar refractivity (Wildman–Crippen MR) is 87.8 cm³/mol. The van der Waals surface area contributed by atoms with Crippen LogP contribution in [-0.2, 0) is 34.0 Å². The Bertz CT molecular complexity index is 1050. The van der Waals surface area contributed by atoms with Crippen LogP contribution in [0.1, 0.15) is 23.7 Å². The Morgan fingerprint density at radius 1 is 1.21 bits per heavy atom. The van der Waals surface area contributed by atoms with Crippen molar-refractivity contribution in [2.75, 3.05) is 11.3 Å². The van der Waals surface area contributed by atoms with Crippen LogP contribution in [0.3, 0.4) is 0 Å². The normalized spacial score (nSPS) is 14.7. The number of carbonyl (C=O) groups excluding carboxylic acids is 1. The summed E-state index contributed by atoms with van der Waals surface area (Å²) in [7, 11) is -4.41. The van der Waals surface area contributed by atoms with Crippen LogP contribution in [0.25, 0.3) is 0 Å². The highest BCUT2D eigenvalue weighted by Gasteiger charge is 2.36.